The monoisotopic (exact) mass is 345 g/mol. The number of hydroxylamine groups is 2. The van der Waals surface area contributed by atoms with Gasteiger partial charge in [-0.3, -0.25) is 0 Å². The van der Waals surface area contributed by atoms with Crippen LogP contribution in [0.2, 0.25) is 0 Å². The van der Waals surface area contributed by atoms with Crippen LogP contribution in [0.15, 0.2) is 0 Å². The summed E-state index contributed by atoms with van der Waals surface area (Å²) in [5, 5.41) is -0.562. The Labute approximate surface area is 112 Å². The van der Waals surface area contributed by atoms with Crippen molar-refractivity contribution in [3.05, 3.63) is 4.91 Å². The molecule has 0 aromatic carbocycles. The van der Waals surface area contributed by atoms with E-state index in [1.165, 1.54) is 0 Å². The second kappa shape index (κ2) is 11.0. The maximum absolute atomic E-state index is 10.6. The molecule has 1 radical (unpaired) electrons. The predicted octanol–water partition coefficient (Wildman–Crippen LogP) is -0.0518. The average molecular weight is 346 g/mol. The zero-order valence-corrected chi connectivity index (χ0v) is 10.5. The van der Waals surface area contributed by atoms with E-state index in [0.29, 0.717) is 0 Å². The van der Waals surface area contributed by atoms with Gasteiger partial charge in [0.15, 0.2) is 0 Å². The molecule has 2 N–H and O–H groups in total. The molecular formula is C6H12AgN3O7+. The molecule has 0 saturated carbocycles. The van der Waals surface area contributed by atoms with Gasteiger partial charge >= 0.3 is 17.3 Å². The Morgan fingerprint density at radius 2 is 1.35 bits per heavy atom. The molecule has 17 heavy (non-hydrogen) atoms. The molecule has 0 aliphatic rings. The first-order valence-electron chi connectivity index (χ1n) is 4.26. The van der Waals surface area contributed by atoms with E-state index in [9.17, 15) is 14.5 Å². The van der Waals surface area contributed by atoms with Crippen molar-refractivity contribution >= 4 is 12.2 Å². The normalized spacial score (nSPS) is 8.12. The van der Waals surface area contributed by atoms with Crippen LogP contribution in [0.5, 0.6) is 0 Å². The molecule has 2 amide bonds. The van der Waals surface area contributed by atoms with Crippen LogP contribution in [0.25, 0.3) is 0 Å². The largest absolute Gasteiger partial charge is 0.531 e. The van der Waals surface area contributed by atoms with E-state index in [-0.39, 0.29) is 35.6 Å². The minimum absolute atomic E-state index is 0. The molecule has 0 spiro atoms. The average Bonchev–Trinajstić information content (AvgIpc) is 2.24. The Kier molecular flexibility index (Phi) is 11.5. The van der Waals surface area contributed by atoms with Crippen LogP contribution in [0, 0.1) is 4.91 Å². The number of carbonyl (C=O) groups is 2. The summed E-state index contributed by atoms with van der Waals surface area (Å²) < 4.78 is 8.70. The minimum Gasteiger partial charge on any atom is -0.448 e. The van der Waals surface area contributed by atoms with Crippen molar-refractivity contribution in [2.24, 2.45) is 0 Å². The SMILES string of the molecule is CCOC(=O)NO[N+](=O)ONC(=O)OCC.[Ag]. The standard InChI is InChI=1S/C6H11N3O7.Ag/c1-3-13-5(10)7-15-9(12)16-8-6(11)14-4-2;/h3-4H2,1-2H3,(H-,7,8,10,11);/p+1. The second-order valence-corrected chi connectivity index (χ2v) is 2.05. The summed E-state index contributed by atoms with van der Waals surface area (Å²) in [6.45, 7) is 3.34. The number of nitrogens with zero attached hydrogens (tertiary/aromatic N) is 1. The summed E-state index contributed by atoms with van der Waals surface area (Å²) in [6.07, 6.45) is -1.97. The summed E-state index contributed by atoms with van der Waals surface area (Å²) >= 11 is 0. The Hall–Kier alpha value is -1.52. The topological polar surface area (TPSA) is 115 Å². The molecule has 103 valence electrons. The van der Waals surface area contributed by atoms with Crippen molar-refractivity contribution in [2.75, 3.05) is 13.2 Å². The smallest absolute Gasteiger partial charge is 0.448 e. The number of nitrogens with one attached hydrogen (secondary N) is 2. The van der Waals surface area contributed by atoms with Crippen molar-refractivity contribution in [1.29, 1.82) is 0 Å². The fourth-order valence-corrected chi connectivity index (χ4v) is 0.489. The second-order valence-electron chi connectivity index (χ2n) is 2.05. The number of ether oxygens (including phenoxy) is 2. The summed E-state index contributed by atoms with van der Waals surface area (Å²) in [4.78, 5) is 39.7. The van der Waals surface area contributed by atoms with E-state index >= 15 is 0 Å². The van der Waals surface area contributed by atoms with Gasteiger partial charge in [0.1, 0.15) is 4.91 Å². The van der Waals surface area contributed by atoms with Crippen LogP contribution in [0.4, 0.5) is 9.59 Å². The van der Waals surface area contributed by atoms with Crippen LogP contribution in [-0.4, -0.2) is 30.5 Å². The fourth-order valence-electron chi connectivity index (χ4n) is 0.489. The summed E-state index contributed by atoms with van der Waals surface area (Å²) in [7, 11) is 0. The van der Waals surface area contributed by atoms with Gasteiger partial charge < -0.3 is 9.47 Å². The quantitative estimate of drug-likeness (QED) is 0.512. The third-order valence-electron chi connectivity index (χ3n) is 0.958. The van der Waals surface area contributed by atoms with Crippen molar-refractivity contribution < 1.29 is 56.4 Å². The van der Waals surface area contributed by atoms with Gasteiger partial charge in [-0.25, -0.2) is 9.59 Å². The molecule has 0 heterocycles. The number of amides is 2. The molecule has 0 aromatic heterocycles. The van der Waals surface area contributed by atoms with Crippen LogP contribution in [0.1, 0.15) is 13.8 Å². The Bertz CT molecular complexity index is 238. The van der Waals surface area contributed by atoms with Gasteiger partial charge in [0, 0.05) is 22.4 Å². The summed E-state index contributed by atoms with van der Waals surface area (Å²) in [6, 6.07) is 0. The van der Waals surface area contributed by atoms with Gasteiger partial charge in [0.2, 0.25) is 0 Å². The van der Waals surface area contributed by atoms with E-state index in [1.807, 2.05) is 0 Å². The van der Waals surface area contributed by atoms with E-state index in [4.69, 9.17) is 0 Å². The first-order valence-corrected chi connectivity index (χ1v) is 4.26. The van der Waals surface area contributed by atoms with E-state index < -0.39 is 17.3 Å². The fraction of sp³-hybridized carbons (Fsp3) is 0.667. The molecule has 11 heteroatoms. The molecule has 0 aliphatic heterocycles. The minimum atomic E-state index is -0.983. The maximum atomic E-state index is 10.6. The maximum Gasteiger partial charge on any atom is 0.531 e. The number of rotatable bonds is 6. The van der Waals surface area contributed by atoms with Crippen molar-refractivity contribution in [3.63, 3.8) is 0 Å². The molecule has 0 rings (SSSR count). The van der Waals surface area contributed by atoms with Crippen LogP contribution in [-0.2, 0) is 41.7 Å². The number of hydrogen-bond donors (Lipinski definition) is 2. The number of hydrogen-bond acceptors (Lipinski definition) is 7. The van der Waals surface area contributed by atoms with E-state index in [1.54, 1.807) is 24.8 Å². The third-order valence-corrected chi connectivity index (χ3v) is 0.958. The summed E-state index contributed by atoms with van der Waals surface area (Å²) in [5.74, 6) is 0. The molecular weight excluding hydrogens is 334 g/mol. The molecule has 0 saturated heterocycles. The van der Waals surface area contributed by atoms with Crippen molar-refractivity contribution in [2.45, 2.75) is 13.8 Å². The molecule has 0 fully saturated rings. The molecule has 0 atom stereocenters. The van der Waals surface area contributed by atoms with Crippen molar-refractivity contribution in [3.8, 4) is 0 Å². The molecule has 0 unspecified atom stereocenters. The molecule has 0 aliphatic carbocycles. The molecule has 0 bridgehead atoms. The predicted molar refractivity (Wildman–Crippen MR) is 46.1 cm³/mol. The van der Waals surface area contributed by atoms with Crippen LogP contribution < -0.4 is 11.0 Å². The van der Waals surface area contributed by atoms with Crippen molar-refractivity contribution in [1.82, 2.24) is 11.0 Å². The van der Waals surface area contributed by atoms with Gasteiger partial charge in [-0.05, 0) is 23.7 Å². The van der Waals surface area contributed by atoms with Gasteiger partial charge in [0.05, 0.1) is 13.2 Å². The van der Waals surface area contributed by atoms with Gasteiger partial charge in [0.25, 0.3) is 0 Å². The zero-order chi connectivity index (χ0) is 12.4. The van der Waals surface area contributed by atoms with E-state index in [0.717, 1.165) is 0 Å². The molecule has 0 aromatic rings. The van der Waals surface area contributed by atoms with Crippen LogP contribution in [0.3, 0.4) is 0 Å². The van der Waals surface area contributed by atoms with E-state index in [2.05, 4.69) is 19.4 Å². The first kappa shape index (κ1) is 17.9. The first-order chi connectivity index (χ1) is 7.60. The van der Waals surface area contributed by atoms with Crippen LogP contribution >= 0.6 is 0 Å². The Balaban J connectivity index is 0. The van der Waals surface area contributed by atoms with Gasteiger partial charge in [-0.2, -0.15) is 0 Å². The molecule has 10 nitrogen and oxygen atoms in total. The Morgan fingerprint density at radius 1 is 1.00 bits per heavy atom. The van der Waals surface area contributed by atoms with Gasteiger partial charge in [-0.15, -0.1) is 0 Å². The summed E-state index contributed by atoms with van der Waals surface area (Å²) in [5.41, 5.74) is 3.15. The van der Waals surface area contributed by atoms with Gasteiger partial charge in [-0.1, -0.05) is 11.0 Å². The third kappa shape index (κ3) is 10.8. The Morgan fingerprint density at radius 3 is 1.65 bits per heavy atom. The zero-order valence-electron chi connectivity index (χ0n) is 9.02. The number of carbonyl (C=O) groups excluding carboxylic acids is 2.